The molecular formula is C24H24N6O4. The lowest BCUT2D eigenvalue weighted by Crippen LogP contribution is -2.39. The van der Waals surface area contributed by atoms with Crippen molar-refractivity contribution in [2.75, 3.05) is 44.0 Å². The first-order chi connectivity index (χ1) is 16.7. The Hall–Kier alpha value is -4.15. The maximum atomic E-state index is 12.2. The summed E-state index contributed by atoms with van der Waals surface area (Å²) in [6.45, 7) is 2.20. The van der Waals surface area contributed by atoms with E-state index in [0.29, 0.717) is 49.3 Å². The van der Waals surface area contributed by atoms with Crippen molar-refractivity contribution in [3.63, 3.8) is 0 Å². The van der Waals surface area contributed by atoms with Crippen LogP contribution in [0.1, 0.15) is 0 Å². The minimum absolute atomic E-state index is 0.461. The molecule has 2 aromatic heterocycles. The van der Waals surface area contributed by atoms with Crippen LogP contribution in [-0.4, -0.2) is 59.2 Å². The number of methoxy groups -OCH3 is 1. The van der Waals surface area contributed by atoms with Crippen molar-refractivity contribution >= 4 is 29.1 Å². The number of morpholine rings is 1. The summed E-state index contributed by atoms with van der Waals surface area (Å²) in [5, 5.41) is 12.1. The maximum absolute atomic E-state index is 12.2. The van der Waals surface area contributed by atoms with Crippen molar-refractivity contribution < 1.29 is 19.1 Å². The molecule has 1 fully saturated rings. The number of carbonyl (C=O) groups excluding carboxylic acids is 1. The minimum Gasteiger partial charge on any atom is -0.495 e. The number of fused-ring (bicyclic) bond motifs is 1. The third-order valence-corrected chi connectivity index (χ3v) is 5.31. The van der Waals surface area contributed by atoms with E-state index in [1.807, 2.05) is 66.9 Å². The lowest BCUT2D eigenvalue weighted by atomic mass is 10.1. The number of nitrogens with zero attached hydrogens (tertiary/aromatic N) is 4. The van der Waals surface area contributed by atoms with Crippen molar-refractivity contribution in [2.24, 2.45) is 0 Å². The number of hydrogen-bond acceptors (Lipinski definition) is 8. The van der Waals surface area contributed by atoms with Crippen LogP contribution < -0.4 is 15.4 Å². The molecule has 1 aliphatic rings. The van der Waals surface area contributed by atoms with Crippen LogP contribution in [0.15, 0.2) is 66.9 Å². The van der Waals surface area contributed by atoms with Gasteiger partial charge in [0.2, 0.25) is 5.95 Å². The number of aromatic nitrogens is 3. The Labute approximate surface area is 196 Å². The Morgan fingerprint density at radius 3 is 2.74 bits per heavy atom. The topological polar surface area (TPSA) is 102 Å². The van der Waals surface area contributed by atoms with Gasteiger partial charge in [0.25, 0.3) is 0 Å². The summed E-state index contributed by atoms with van der Waals surface area (Å²) in [6.07, 6.45) is 1.36. The van der Waals surface area contributed by atoms with Gasteiger partial charge in [-0.15, -0.1) is 10.2 Å². The zero-order valence-electron chi connectivity index (χ0n) is 18.6. The molecule has 34 heavy (non-hydrogen) atoms. The van der Waals surface area contributed by atoms with Crippen LogP contribution in [0.25, 0.3) is 16.8 Å². The molecule has 0 bridgehead atoms. The Balaban J connectivity index is 1.31. The van der Waals surface area contributed by atoms with Crippen molar-refractivity contribution in [3.8, 4) is 16.9 Å². The van der Waals surface area contributed by atoms with Crippen molar-refractivity contribution in [1.29, 1.82) is 0 Å². The van der Waals surface area contributed by atoms with Crippen LogP contribution in [0.5, 0.6) is 5.75 Å². The molecule has 5 rings (SSSR count). The number of amides is 1. The number of carbonyl (C=O) groups is 1. The highest BCUT2D eigenvalue weighted by Gasteiger charge is 2.16. The molecule has 0 aliphatic carbocycles. The van der Waals surface area contributed by atoms with Gasteiger partial charge in [0.05, 0.1) is 39.1 Å². The number of pyridine rings is 1. The van der Waals surface area contributed by atoms with Gasteiger partial charge in [-0.25, -0.2) is 9.31 Å². The molecule has 0 unspecified atom stereocenters. The molecule has 2 aromatic carbocycles. The molecule has 0 radical (unpaired) electrons. The highest BCUT2D eigenvalue weighted by Crippen LogP contribution is 2.27. The van der Waals surface area contributed by atoms with Crippen LogP contribution in [0, 0.1) is 0 Å². The highest BCUT2D eigenvalue weighted by atomic mass is 16.7. The first-order valence-corrected chi connectivity index (χ1v) is 10.9. The monoisotopic (exact) mass is 460 g/mol. The predicted molar refractivity (Wildman–Crippen MR) is 127 cm³/mol. The number of rotatable bonds is 6. The van der Waals surface area contributed by atoms with Gasteiger partial charge in [-0.2, -0.15) is 4.98 Å². The van der Waals surface area contributed by atoms with Crippen LogP contribution in [0.2, 0.25) is 0 Å². The number of ether oxygens (including phenoxy) is 2. The van der Waals surface area contributed by atoms with E-state index >= 15 is 0 Å². The van der Waals surface area contributed by atoms with E-state index in [1.54, 1.807) is 16.7 Å². The van der Waals surface area contributed by atoms with Gasteiger partial charge in [-0.05, 0) is 42.0 Å². The van der Waals surface area contributed by atoms with Gasteiger partial charge in [-0.3, -0.25) is 5.32 Å². The van der Waals surface area contributed by atoms with Crippen LogP contribution >= 0.6 is 0 Å². The van der Waals surface area contributed by atoms with E-state index in [0.717, 1.165) is 16.8 Å². The number of hydrogen-bond donors (Lipinski definition) is 2. The first kappa shape index (κ1) is 21.7. The van der Waals surface area contributed by atoms with Gasteiger partial charge in [0.1, 0.15) is 5.75 Å². The molecule has 4 aromatic rings. The third kappa shape index (κ3) is 4.92. The third-order valence-electron chi connectivity index (χ3n) is 5.31. The maximum Gasteiger partial charge on any atom is 0.430 e. The highest BCUT2D eigenvalue weighted by molar-refractivity contribution is 5.85. The summed E-state index contributed by atoms with van der Waals surface area (Å²) in [6, 6.07) is 19.0. The zero-order chi connectivity index (χ0) is 23.3. The average molecular weight is 460 g/mol. The van der Waals surface area contributed by atoms with E-state index in [2.05, 4.69) is 20.7 Å². The Bertz CT molecular complexity index is 1300. The lowest BCUT2D eigenvalue weighted by molar-refractivity contribution is -0.142. The fourth-order valence-corrected chi connectivity index (χ4v) is 3.65. The van der Waals surface area contributed by atoms with E-state index in [4.69, 9.17) is 14.3 Å². The minimum atomic E-state index is -0.530. The quantitative estimate of drug-likeness (QED) is 0.446. The molecule has 1 saturated heterocycles. The molecule has 10 nitrogen and oxygen atoms in total. The number of benzene rings is 2. The fourth-order valence-electron chi connectivity index (χ4n) is 3.65. The van der Waals surface area contributed by atoms with Crippen molar-refractivity contribution in [1.82, 2.24) is 19.7 Å². The molecule has 0 spiro atoms. The van der Waals surface area contributed by atoms with Gasteiger partial charge < -0.3 is 19.6 Å². The molecule has 3 heterocycles. The summed E-state index contributed by atoms with van der Waals surface area (Å²) in [7, 11) is 1.62. The number of hydroxylamine groups is 2. The average Bonchev–Trinajstić information content (AvgIpc) is 3.26. The van der Waals surface area contributed by atoms with Gasteiger partial charge in [-0.1, -0.05) is 24.3 Å². The zero-order valence-corrected chi connectivity index (χ0v) is 18.6. The molecule has 1 aliphatic heterocycles. The van der Waals surface area contributed by atoms with E-state index in [9.17, 15) is 4.79 Å². The normalized spacial score (nSPS) is 14.0. The van der Waals surface area contributed by atoms with E-state index in [1.165, 1.54) is 0 Å². The molecule has 10 heteroatoms. The fraction of sp³-hybridized carbons (Fsp3) is 0.208. The predicted octanol–water partition coefficient (Wildman–Crippen LogP) is 3.94. The van der Waals surface area contributed by atoms with Crippen molar-refractivity contribution in [2.45, 2.75) is 0 Å². The summed E-state index contributed by atoms with van der Waals surface area (Å²) in [5.41, 5.74) is 3.95. The number of anilines is 3. The SMILES string of the molecule is COc1ccccc1Nc1nc2ccc(-c3cccc(NC(=O)ON4CCOCC4)c3)cn2n1. The summed E-state index contributed by atoms with van der Waals surface area (Å²) in [4.78, 5) is 22.1. The van der Waals surface area contributed by atoms with Crippen LogP contribution in [0.4, 0.5) is 22.1 Å². The number of para-hydroxylation sites is 2. The van der Waals surface area contributed by atoms with Crippen LogP contribution in [-0.2, 0) is 9.57 Å². The Morgan fingerprint density at radius 1 is 1.03 bits per heavy atom. The second kappa shape index (κ2) is 9.77. The lowest BCUT2D eigenvalue weighted by Gasteiger charge is -2.24. The van der Waals surface area contributed by atoms with Gasteiger partial charge in [0, 0.05) is 17.4 Å². The van der Waals surface area contributed by atoms with E-state index < -0.39 is 6.09 Å². The first-order valence-electron chi connectivity index (χ1n) is 10.9. The second-order valence-electron chi connectivity index (χ2n) is 7.61. The summed E-state index contributed by atoms with van der Waals surface area (Å²) >= 11 is 0. The number of nitrogens with one attached hydrogen (secondary N) is 2. The molecule has 1 amide bonds. The molecule has 2 N–H and O–H groups in total. The molecular weight excluding hydrogens is 436 g/mol. The van der Waals surface area contributed by atoms with Gasteiger partial charge >= 0.3 is 6.09 Å². The molecule has 0 saturated carbocycles. The standard InChI is InChI=1S/C24H24N6O4/c1-32-21-8-3-2-7-20(21)26-23-27-22-10-9-18(16-30(22)28-23)17-5-4-6-19(15-17)25-24(31)34-29-11-13-33-14-12-29/h2-10,15-16H,11-14H2,1H3,(H,25,31)(H,26,28). The Morgan fingerprint density at radius 2 is 1.88 bits per heavy atom. The van der Waals surface area contributed by atoms with E-state index in [-0.39, 0.29) is 0 Å². The largest absolute Gasteiger partial charge is 0.495 e. The smallest absolute Gasteiger partial charge is 0.430 e. The van der Waals surface area contributed by atoms with Gasteiger partial charge in [0.15, 0.2) is 5.65 Å². The molecule has 0 atom stereocenters. The summed E-state index contributed by atoms with van der Waals surface area (Å²) < 4.78 is 12.3. The Kier molecular flexibility index (Phi) is 6.23. The van der Waals surface area contributed by atoms with Crippen LogP contribution in [0.3, 0.4) is 0 Å². The molecule has 174 valence electrons. The summed E-state index contributed by atoms with van der Waals surface area (Å²) in [5.74, 6) is 1.17. The second-order valence-corrected chi connectivity index (χ2v) is 7.61. The van der Waals surface area contributed by atoms with Crippen molar-refractivity contribution in [3.05, 3.63) is 66.9 Å².